The van der Waals surface area contributed by atoms with Crippen LogP contribution in [0.1, 0.15) is 49.7 Å². The highest BCUT2D eigenvalue weighted by Gasteiger charge is 2.36. The zero-order valence-corrected chi connectivity index (χ0v) is 24.9. The summed E-state index contributed by atoms with van der Waals surface area (Å²) in [4.78, 5) is 41.3. The van der Waals surface area contributed by atoms with Gasteiger partial charge in [0.15, 0.2) is 0 Å². The maximum Gasteiger partial charge on any atom is 0.243 e. The molecule has 2 aromatic rings. The lowest BCUT2D eigenvalue weighted by Gasteiger charge is -2.27. The number of hydrogen-bond acceptors (Lipinski definition) is 7. The van der Waals surface area contributed by atoms with Crippen molar-refractivity contribution in [2.75, 3.05) is 32.0 Å². The Morgan fingerprint density at radius 3 is 2.42 bits per heavy atom. The lowest BCUT2D eigenvalue weighted by molar-refractivity contribution is -0.140. The number of likely N-dealkylation sites (tertiary alicyclic amines) is 2. The minimum atomic E-state index is -0.787. The minimum Gasteiger partial charge on any atom is -0.386 e. The summed E-state index contributed by atoms with van der Waals surface area (Å²) >= 11 is 3.35. The van der Waals surface area contributed by atoms with Crippen LogP contribution in [0.4, 0.5) is 11.4 Å². The van der Waals surface area contributed by atoms with Crippen LogP contribution in [0.15, 0.2) is 52.1 Å². The Balaban J connectivity index is 0.000000472. The Morgan fingerprint density at radius 1 is 1.10 bits per heavy atom. The highest BCUT2D eigenvalue weighted by Crippen LogP contribution is 2.26. The molecule has 2 aliphatic rings. The van der Waals surface area contributed by atoms with Crippen LogP contribution >= 0.6 is 15.9 Å². The number of aryl methyl sites for hydroxylation is 1. The van der Waals surface area contributed by atoms with Crippen LogP contribution in [-0.2, 0) is 20.9 Å². The molecule has 1 unspecified atom stereocenters. The van der Waals surface area contributed by atoms with E-state index in [1.165, 1.54) is 5.56 Å². The van der Waals surface area contributed by atoms with E-state index in [0.29, 0.717) is 18.7 Å². The van der Waals surface area contributed by atoms with E-state index in [1.807, 2.05) is 29.2 Å². The molecular formula is C29H40BrN7O3. The standard InChI is InChI=1S/C22H33N7O3.C7H7Br/c1-25-17-8-6-15(13-18(17)27-24)14-26-21(31)19-5-4-12-29(19)22(32)16(23)7-9-20(30)28-10-2-3-11-28;1-6-2-4-7(8)5-3-6/h6,8,13,16,19,24-25H,2-5,7,9-12,14,23H2,1H3,(H,26,31);2-5H,1H3/t16-,19?;/m1./s1. The third-order valence-electron chi connectivity index (χ3n) is 7.21. The van der Waals surface area contributed by atoms with Crippen LogP contribution in [-0.4, -0.2) is 66.3 Å². The smallest absolute Gasteiger partial charge is 0.243 e. The van der Waals surface area contributed by atoms with E-state index >= 15 is 0 Å². The fourth-order valence-corrected chi connectivity index (χ4v) is 5.14. The zero-order valence-electron chi connectivity index (χ0n) is 23.3. The summed E-state index contributed by atoms with van der Waals surface area (Å²) in [7, 11) is 1.75. The predicted molar refractivity (Wildman–Crippen MR) is 159 cm³/mol. The van der Waals surface area contributed by atoms with Crippen LogP contribution < -0.4 is 16.4 Å². The molecule has 5 N–H and O–H groups in total. The number of anilines is 1. The first-order valence-electron chi connectivity index (χ1n) is 13.7. The number of nitrogens with one attached hydrogen (secondary N) is 3. The Bertz CT molecular complexity index is 1150. The van der Waals surface area contributed by atoms with Gasteiger partial charge in [0.25, 0.3) is 0 Å². The van der Waals surface area contributed by atoms with Gasteiger partial charge < -0.3 is 26.2 Å². The van der Waals surface area contributed by atoms with Gasteiger partial charge in [-0.15, -0.1) is 0 Å². The molecule has 2 aliphatic heterocycles. The maximum absolute atomic E-state index is 12.9. The van der Waals surface area contributed by atoms with Gasteiger partial charge in [0, 0.05) is 44.1 Å². The molecule has 0 spiro atoms. The average Bonchev–Trinajstić information content (AvgIpc) is 3.69. The molecule has 10 nitrogen and oxygen atoms in total. The van der Waals surface area contributed by atoms with Gasteiger partial charge in [0.1, 0.15) is 11.7 Å². The molecule has 2 heterocycles. The average molecular weight is 615 g/mol. The third-order valence-corrected chi connectivity index (χ3v) is 7.74. The van der Waals surface area contributed by atoms with Crippen LogP contribution in [0, 0.1) is 12.5 Å². The molecule has 0 bridgehead atoms. The molecular weight excluding hydrogens is 574 g/mol. The summed E-state index contributed by atoms with van der Waals surface area (Å²) < 4.78 is 1.14. The van der Waals surface area contributed by atoms with Gasteiger partial charge in [-0.3, -0.25) is 14.4 Å². The van der Waals surface area contributed by atoms with Crippen molar-refractivity contribution in [3.05, 3.63) is 58.1 Å². The number of benzene rings is 2. The third kappa shape index (κ3) is 8.85. The molecule has 2 aromatic carbocycles. The predicted octanol–water partition coefficient (Wildman–Crippen LogP) is 4.49. The Hall–Kier alpha value is -3.31. The number of nitrogens with zero attached hydrogens (tertiary/aromatic N) is 3. The van der Waals surface area contributed by atoms with Crippen molar-refractivity contribution in [1.82, 2.24) is 15.1 Å². The number of rotatable bonds is 9. The van der Waals surface area contributed by atoms with Gasteiger partial charge in [-0.25, -0.2) is 5.53 Å². The van der Waals surface area contributed by atoms with Gasteiger partial charge >= 0.3 is 0 Å². The highest BCUT2D eigenvalue weighted by molar-refractivity contribution is 9.10. The zero-order chi connectivity index (χ0) is 29.1. The van der Waals surface area contributed by atoms with Gasteiger partial charge in [-0.1, -0.05) is 39.7 Å². The second kappa shape index (κ2) is 15.5. The Morgan fingerprint density at radius 2 is 1.80 bits per heavy atom. The summed E-state index contributed by atoms with van der Waals surface area (Å²) in [6, 6.07) is 12.3. The lowest BCUT2D eigenvalue weighted by atomic mass is 10.1. The highest BCUT2D eigenvalue weighted by atomic mass is 79.9. The van der Waals surface area contributed by atoms with Crippen LogP contribution in [0.5, 0.6) is 0 Å². The molecule has 0 aromatic heterocycles. The fourth-order valence-electron chi connectivity index (χ4n) is 4.87. The van der Waals surface area contributed by atoms with E-state index in [9.17, 15) is 14.4 Å². The van der Waals surface area contributed by atoms with Crippen molar-refractivity contribution >= 4 is 45.0 Å². The summed E-state index contributed by atoms with van der Waals surface area (Å²) in [6.07, 6.45) is 3.92. The molecule has 0 saturated carbocycles. The summed E-state index contributed by atoms with van der Waals surface area (Å²) in [5.41, 5.74) is 16.7. The van der Waals surface area contributed by atoms with Gasteiger partial charge in [0.05, 0.1) is 11.7 Å². The summed E-state index contributed by atoms with van der Waals surface area (Å²) in [5.74, 6) is -0.451. The van der Waals surface area contributed by atoms with E-state index in [2.05, 4.69) is 50.7 Å². The molecule has 2 fully saturated rings. The maximum atomic E-state index is 12.9. The first-order chi connectivity index (χ1) is 19.2. The second-order valence-corrected chi connectivity index (χ2v) is 11.1. The number of halogens is 1. The molecule has 40 heavy (non-hydrogen) atoms. The van der Waals surface area contributed by atoms with Crippen molar-refractivity contribution in [3.8, 4) is 0 Å². The molecule has 11 heteroatoms. The first kappa shape index (κ1) is 31.2. The van der Waals surface area contributed by atoms with Crippen LogP contribution in [0.3, 0.4) is 0 Å². The topological polar surface area (TPSA) is 144 Å². The lowest BCUT2D eigenvalue weighted by Crippen LogP contribution is -2.51. The first-order valence-corrected chi connectivity index (χ1v) is 14.5. The number of nitrogens with two attached hydrogens (primary N) is 1. The number of hydrogen-bond donors (Lipinski definition) is 4. The molecule has 3 amide bonds. The van der Waals surface area contributed by atoms with Crippen LogP contribution in [0.25, 0.3) is 0 Å². The number of carbonyl (C=O) groups excluding carboxylic acids is 3. The molecule has 0 radical (unpaired) electrons. The monoisotopic (exact) mass is 613 g/mol. The van der Waals surface area contributed by atoms with Crippen LogP contribution in [0.2, 0.25) is 0 Å². The van der Waals surface area contributed by atoms with Crippen molar-refractivity contribution in [3.63, 3.8) is 0 Å². The SMILES string of the molecule is CNc1ccc(CNC(=O)C2CCCN2C(=O)[C@H](N)CCC(=O)N2CCCC2)cc1N=N.Cc1ccc(Br)cc1. The largest absolute Gasteiger partial charge is 0.386 e. The summed E-state index contributed by atoms with van der Waals surface area (Å²) in [5, 5.41) is 9.34. The van der Waals surface area contributed by atoms with Crippen molar-refractivity contribution in [1.29, 1.82) is 5.53 Å². The Labute approximate surface area is 244 Å². The van der Waals surface area contributed by atoms with Gasteiger partial charge in [-0.2, -0.15) is 5.11 Å². The van der Waals surface area contributed by atoms with Crippen molar-refractivity contribution < 1.29 is 14.4 Å². The quantitative estimate of drug-likeness (QED) is 0.308. The molecule has 2 atom stereocenters. The molecule has 0 aliphatic carbocycles. The van der Waals surface area contributed by atoms with E-state index in [0.717, 1.165) is 48.1 Å². The molecule has 216 valence electrons. The van der Waals surface area contributed by atoms with E-state index in [4.69, 9.17) is 11.3 Å². The molecule has 2 saturated heterocycles. The van der Waals surface area contributed by atoms with E-state index in [-0.39, 0.29) is 37.1 Å². The van der Waals surface area contributed by atoms with Crippen molar-refractivity contribution in [2.45, 2.75) is 64.1 Å². The van der Waals surface area contributed by atoms with Crippen molar-refractivity contribution in [2.24, 2.45) is 10.8 Å². The molecule has 4 rings (SSSR count). The van der Waals surface area contributed by atoms with Gasteiger partial charge in [-0.05, 0) is 68.9 Å². The fraction of sp³-hybridized carbons (Fsp3) is 0.483. The normalized spacial score (nSPS) is 17.1. The number of amides is 3. The van der Waals surface area contributed by atoms with Gasteiger partial charge in [0.2, 0.25) is 17.7 Å². The van der Waals surface area contributed by atoms with E-state index < -0.39 is 12.1 Å². The second-order valence-electron chi connectivity index (χ2n) is 10.1. The number of carbonyl (C=O) groups is 3. The Kier molecular flexibility index (Phi) is 12.1. The summed E-state index contributed by atoms with van der Waals surface area (Å²) in [6.45, 7) is 4.41. The van der Waals surface area contributed by atoms with E-state index in [1.54, 1.807) is 18.0 Å². The minimum absolute atomic E-state index is 0.0459.